The highest BCUT2D eigenvalue weighted by Gasteiger charge is 2.43. The number of allylic oxidation sites excluding steroid dienone is 4. The van der Waals surface area contributed by atoms with Crippen LogP contribution in [0.2, 0.25) is 0 Å². The summed E-state index contributed by atoms with van der Waals surface area (Å²) in [6.07, 6.45) is 15.1. The van der Waals surface area contributed by atoms with Crippen LogP contribution in [-0.4, -0.2) is 52.3 Å². The number of nitrogens with one attached hydrogen (secondary N) is 2. The highest BCUT2D eigenvalue weighted by atomic mass is 16.4. The molecule has 4 aromatic heterocycles. The van der Waals surface area contributed by atoms with Crippen molar-refractivity contribution in [1.82, 2.24) is 29.5 Å². The predicted molar refractivity (Wildman–Crippen MR) is 111 cm³/mol. The second-order valence-corrected chi connectivity index (χ2v) is 7.79. The summed E-state index contributed by atoms with van der Waals surface area (Å²) in [6.45, 7) is 1.89. The van der Waals surface area contributed by atoms with E-state index in [1.165, 1.54) is 0 Å². The van der Waals surface area contributed by atoms with E-state index in [0.717, 1.165) is 5.56 Å². The molecular formula is C21H22N7O3+. The second-order valence-electron chi connectivity index (χ2n) is 7.79. The van der Waals surface area contributed by atoms with Crippen LogP contribution in [0.5, 0.6) is 0 Å². The first-order valence-electron chi connectivity index (χ1n) is 10.0. The van der Waals surface area contributed by atoms with Crippen LogP contribution in [0.15, 0.2) is 49.1 Å². The van der Waals surface area contributed by atoms with Crippen LogP contribution in [0.4, 0.5) is 0 Å². The molecular weight excluding hydrogens is 398 g/mol. The van der Waals surface area contributed by atoms with E-state index in [4.69, 9.17) is 4.98 Å². The van der Waals surface area contributed by atoms with Crippen molar-refractivity contribution in [2.45, 2.75) is 25.3 Å². The lowest BCUT2D eigenvalue weighted by atomic mass is 9.79. The number of aliphatic carboxylic acids is 1. The molecule has 0 fully saturated rings. The average molecular weight is 420 g/mol. The van der Waals surface area contributed by atoms with Gasteiger partial charge in [0.1, 0.15) is 41.4 Å². The summed E-state index contributed by atoms with van der Waals surface area (Å²) in [5.41, 5.74) is 1.81. The van der Waals surface area contributed by atoms with Crippen LogP contribution >= 0.6 is 0 Å². The summed E-state index contributed by atoms with van der Waals surface area (Å²) in [4.78, 5) is 24.5. The number of rotatable bonds is 6. The first kappa shape index (κ1) is 19.2. The molecule has 0 bridgehead atoms. The molecule has 31 heavy (non-hydrogen) atoms. The summed E-state index contributed by atoms with van der Waals surface area (Å²) >= 11 is 0. The number of hydrogen-bond donors (Lipinski definition) is 4. The molecule has 10 nitrogen and oxygen atoms in total. The highest BCUT2D eigenvalue weighted by molar-refractivity contribution is 5.82. The number of H-pyrrole nitrogens is 2. The topological polar surface area (TPSA) is 136 Å². The van der Waals surface area contributed by atoms with Crippen LogP contribution in [0.3, 0.4) is 0 Å². The Bertz CT molecular complexity index is 1330. The van der Waals surface area contributed by atoms with Crippen molar-refractivity contribution in [2.24, 2.45) is 5.92 Å². The van der Waals surface area contributed by atoms with Gasteiger partial charge in [-0.15, -0.1) is 0 Å². The SMILES string of the molecule is CC(CO)C1([n+]2c(CC(=O)O)c3[nH]c(-c4cn[nH]c4)nc3n3ccnc32)C=CC=CC1. The van der Waals surface area contributed by atoms with E-state index in [1.54, 1.807) is 24.8 Å². The Morgan fingerprint density at radius 3 is 2.97 bits per heavy atom. The molecule has 0 aliphatic heterocycles. The van der Waals surface area contributed by atoms with E-state index in [2.05, 4.69) is 20.2 Å². The molecule has 0 saturated carbocycles. The molecule has 4 heterocycles. The Balaban J connectivity index is 1.90. The van der Waals surface area contributed by atoms with Gasteiger partial charge in [0.05, 0.1) is 11.8 Å². The third kappa shape index (κ3) is 2.87. The number of nitrogens with zero attached hydrogens (tertiary/aromatic N) is 5. The first-order chi connectivity index (χ1) is 15.0. The Morgan fingerprint density at radius 2 is 2.29 bits per heavy atom. The molecule has 2 atom stereocenters. The molecule has 1 aliphatic carbocycles. The third-order valence-corrected chi connectivity index (χ3v) is 6.00. The zero-order valence-corrected chi connectivity index (χ0v) is 16.9. The van der Waals surface area contributed by atoms with E-state index in [1.807, 2.05) is 40.2 Å². The molecule has 0 saturated heterocycles. The van der Waals surface area contributed by atoms with Crippen LogP contribution in [0.25, 0.3) is 28.3 Å². The normalized spacial score (nSPS) is 19.4. The van der Waals surface area contributed by atoms with Crippen molar-refractivity contribution >= 4 is 22.9 Å². The molecule has 2 unspecified atom stereocenters. The van der Waals surface area contributed by atoms with Crippen LogP contribution in [0, 0.1) is 5.92 Å². The Labute approximate surface area is 176 Å². The Hall–Kier alpha value is -3.79. The molecule has 0 spiro atoms. The smallest absolute Gasteiger partial charge is 0.406 e. The quantitative estimate of drug-likeness (QED) is 0.348. The fourth-order valence-electron chi connectivity index (χ4n) is 4.40. The molecule has 10 heteroatoms. The molecule has 158 valence electrons. The number of carboxylic acid groups (broad SMARTS) is 1. The van der Waals surface area contributed by atoms with Crippen molar-refractivity contribution in [3.05, 3.63) is 54.8 Å². The van der Waals surface area contributed by atoms with E-state index < -0.39 is 11.5 Å². The van der Waals surface area contributed by atoms with E-state index in [-0.39, 0.29) is 18.9 Å². The minimum atomic E-state index is -0.965. The molecule has 0 radical (unpaired) electrons. The lowest BCUT2D eigenvalue weighted by Gasteiger charge is -2.36. The fourth-order valence-corrected chi connectivity index (χ4v) is 4.40. The van der Waals surface area contributed by atoms with Crippen LogP contribution < -0.4 is 4.57 Å². The number of imidazole rings is 2. The first-order valence-corrected chi connectivity index (χ1v) is 10.0. The van der Waals surface area contributed by atoms with Gasteiger partial charge >= 0.3 is 11.7 Å². The van der Waals surface area contributed by atoms with Crippen molar-refractivity contribution in [3.63, 3.8) is 0 Å². The summed E-state index contributed by atoms with van der Waals surface area (Å²) in [7, 11) is 0. The van der Waals surface area contributed by atoms with Gasteiger partial charge in [-0.25, -0.2) is 4.57 Å². The number of aromatic nitrogens is 7. The van der Waals surface area contributed by atoms with Crippen molar-refractivity contribution in [1.29, 1.82) is 0 Å². The van der Waals surface area contributed by atoms with Gasteiger partial charge in [-0.05, 0) is 6.08 Å². The van der Waals surface area contributed by atoms with Gasteiger partial charge in [0, 0.05) is 25.1 Å². The standard InChI is InChI=1S/C21H21N7O3/c1-13(12-29)21(5-3-2-4-6-21)28-15(9-16(30)31)17-19(27-8-7-22-20(27)28)26-18(25-17)14-10-23-24-11-14/h2-5,7-8,10-11,13,29H,6,9,12H2,1H3,(H2,23,24,25,30,31)/p+1. The molecule has 4 N–H and O–H groups in total. The minimum absolute atomic E-state index is 0.0636. The number of hydrogen-bond acceptors (Lipinski definition) is 5. The second kappa shape index (κ2) is 7.17. The van der Waals surface area contributed by atoms with Crippen LogP contribution in [-0.2, 0) is 16.8 Å². The van der Waals surface area contributed by atoms with Crippen molar-refractivity contribution in [3.8, 4) is 11.4 Å². The number of aliphatic hydroxyl groups excluding tert-OH is 1. The monoisotopic (exact) mass is 420 g/mol. The van der Waals surface area contributed by atoms with E-state index >= 15 is 0 Å². The molecule has 1 aliphatic rings. The molecule has 0 aromatic carbocycles. The van der Waals surface area contributed by atoms with E-state index in [0.29, 0.717) is 34.9 Å². The third-order valence-electron chi connectivity index (χ3n) is 6.00. The van der Waals surface area contributed by atoms with Gasteiger partial charge in [-0.3, -0.25) is 9.89 Å². The van der Waals surface area contributed by atoms with Gasteiger partial charge in [0.2, 0.25) is 5.65 Å². The van der Waals surface area contributed by atoms with Crippen LogP contribution in [0.1, 0.15) is 19.0 Å². The Kier molecular flexibility index (Phi) is 4.44. The average Bonchev–Trinajstić information content (AvgIpc) is 3.52. The van der Waals surface area contributed by atoms with Gasteiger partial charge < -0.3 is 15.2 Å². The molecule has 4 aromatic rings. The maximum Gasteiger partial charge on any atom is 0.406 e. The maximum absolute atomic E-state index is 11.9. The summed E-state index contributed by atoms with van der Waals surface area (Å²) in [5, 5.41) is 26.6. The summed E-state index contributed by atoms with van der Waals surface area (Å²) in [6, 6.07) is 0. The largest absolute Gasteiger partial charge is 0.481 e. The minimum Gasteiger partial charge on any atom is -0.481 e. The van der Waals surface area contributed by atoms with Crippen molar-refractivity contribution in [2.75, 3.05) is 6.61 Å². The van der Waals surface area contributed by atoms with Gasteiger partial charge in [-0.1, -0.05) is 30.1 Å². The van der Waals surface area contributed by atoms with Gasteiger partial charge in [0.15, 0.2) is 0 Å². The molecule has 5 rings (SSSR count). The lowest BCUT2D eigenvalue weighted by molar-refractivity contribution is -0.746. The number of fused-ring (bicyclic) bond motifs is 3. The number of aromatic amines is 2. The fraction of sp³-hybridized carbons (Fsp3) is 0.286. The number of carboxylic acids is 1. The number of aliphatic hydroxyl groups is 1. The molecule has 0 amide bonds. The van der Waals surface area contributed by atoms with Gasteiger partial charge in [0.25, 0.3) is 0 Å². The number of carbonyl (C=O) groups is 1. The Morgan fingerprint density at radius 1 is 1.42 bits per heavy atom. The van der Waals surface area contributed by atoms with E-state index in [9.17, 15) is 15.0 Å². The van der Waals surface area contributed by atoms with Gasteiger partial charge in [-0.2, -0.15) is 14.5 Å². The predicted octanol–water partition coefficient (Wildman–Crippen LogP) is 1.36. The zero-order chi connectivity index (χ0) is 21.6. The summed E-state index contributed by atoms with van der Waals surface area (Å²) in [5.74, 6) is -0.0197. The highest BCUT2D eigenvalue weighted by Crippen LogP contribution is 2.33. The lowest BCUT2D eigenvalue weighted by Crippen LogP contribution is -2.63. The van der Waals surface area contributed by atoms with Crippen molar-refractivity contribution < 1.29 is 19.6 Å². The maximum atomic E-state index is 11.9. The summed E-state index contributed by atoms with van der Waals surface area (Å²) < 4.78 is 3.79. The zero-order valence-electron chi connectivity index (χ0n) is 16.9.